The summed E-state index contributed by atoms with van der Waals surface area (Å²) in [5.74, 6) is 0.0900. The van der Waals surface area contributed by atoms with E-state index in [1.807, 2.05) is 0 Å². The average Bonchev–Trinajstić information content (AvgIpc) is 2.06. The Morgan fingerprint density at radius 2 is 2.36 bits per heavy atom. The lowest BCUT2D eigenvalue weighted by atomic mass is 10.4. The van der Waals surface area contributed by atoms with Crippen LogP contribution < -0.4 is 0 Å². The van der Waals surface area contributed by atoms with Crippen LogP contribution in [0.3, 0.4) is 0 Å². The van der Waals surface area contributed by atoms with Crippen LogP contribution in [0, 0.1) is 0 Å². The minimum absolute atomic E-state index is 0.0856. The van der Waals surface area contributed by atoms with Crippen molar-refractivity contribution in [2.45, 2.75) is 13.3 Å². The summed E-state index contributed by atoms with van der Waals surface area (Å²) in [6.07, 6.45) is 5.37. The summed E-state index contributed by atoms with van der Waals surface area (Å²) in [6.45, 7) is 1.60. The van der Waals surface area contributed by atoms with Gasteiger partial charge in [-0.15, -0.1) is 0 Å². The maximum Gasteiger partial charge on any atom is 0.213 e. The zero-order valence-corrected chi connectivity index (χ0v) is 7.10. The van der Waals surface area contributed by atoms with E-state index in [1.54, 1.807) is 19.1 Å². The van der Waals surface area contributed by atoms with Gasteiger partial charge in [0.15, 0.2) is 0 Å². The summed E-state index contributed by atoms with van der Waals surface area (Å²) in [4.78, 5) is 0. The first-order valence-corrected chi connectivity index (χ1v) is 5.06. The minimum atomic E-state index is -3.13. The first kappa shape index (κ1) is 8.33. The van der Waals surface area contributed by atoms with Crippen LogP contribution in [0.15, 0.2) is 23.5 Å². The lowest BCUT2D eigenvalue weighted by molar-refractivity contribution is 0.368. The van der Waals surface area contributed by atoms with Crippen LogP contribution in [0.1, 0.15) is 13.3 Å². The van der Waals surface area contributed by atoms with E-state index in [1.165, 1.54) is 6.26 Å². The molecule has 0 aliphatic carbocycles. The molecule has 11 heavy (non-hydrogen) atoms. The number of hydrogen-bond donors (Lipinski definition) is 0. The van der Waals surface area contributed by atoms with Crippen LogP contribution in [0.25, 0.3) is 0 Å². The fraction of sp³-hybridized carbons (Fsp3) is 0.429. The van der Waals surface area contributed by atoms with Crippen molar-refractivity contribution >= 4 is 9.84 Å². The van der Waals surface area contributed by atoms with E-state index in [9.17, 15) is 8.42 Å². The third kappa shape index (κ3) is 1.83. The maximum atomic E-state index is 11.1. The Kier molecular flexibility index (Phi) is 2.34. The summed E-state index contributed by atoms with van der Waals surface area (Å²) in [7, 11) is -3.13. The van der Waals surface area contributed by atoms with Gasteiger partial charge in [-0.1, -0.05) is 6.92 Å². The van der Waals surface area contributed by atoms with Gasteiger partial charge >= 0.3 is 0 Å². The van der Waals surface area contributed by atoms with E-state index >= 15 is 0 Å². The zero-order chi connectivity index (χ0) is 8.32. The number of allylic oxidation sites excluding steroid dienone is 2. The standard InChI is InChI=1S/C7H10O3S/c1-2-11(8,9)7-5-3-4-6-10-7/h4-6H,2-3H2,1H3. The first-order chi connectivity index (χ1) is 5.17. The van der Waals surface area contributed by atoms with E-state index in [0.717, 1.165) is 0 Å². The highest BCUT2D eigenvalue weighted by molar-refractivity contribution is 7.95. The number of rotatable bonds is 2. The molecule has 4 heteroatoms. The van der Waals surface area contributed by atoms with Crippen LogP contribution >= 0.6 is 0 Å². The van der Waals surface area contributed by atoms with Crippen molar-refractivity contribution in [2.75, 3.05) is 5.75 Å². The Balaban J connectivity index is 2.84. The van der Waals surface area contributed by atoms with Crippen molar-refractivity contribution < 1.29 is 13.2 Å². The highest BCUT2D eigenvalue weighted by atomic mass is 32.2. The van der Waals surface area contributed by atoms with Crippen molar-refractivity contribution in [1.82, 2.24) is 0 Å². The van der Waals surface area contributed by atoms with E-state index in [0.29, 0.717) is 6.42 Å². The van der Waals surface area contributed by atoms with Gasteiger partial charge in [-0.2, -0.15) is 0 Å². The molecule has 0 spiro atoms. The molecule has 0 aromatic rings. The summed E-state index contributed by atoms with van der Waals surface area (Å²) in [5.41, 5.74) is 0. The molecule has 3 nitrogen and oxygen atoms in total. The molecular formula is C7H10O3S. The molecule has 0 bridgehead atoms. The second-order valence-electron chi connectivity index (χ2n) is 2.15. The summed E-state index contributed by atoms with van der Waals surface area (Å²) in [5, 5.41) is 0.0856. The van der Waals surface area contributed by atoms with Crippen LogP contribution in [0.5, 0.6) is 0 Å². The van der Waals surface area contributed by atoms with E-state index in [4.69, 9.17) is 4.74 Å². The molecule has 0 aromatic carbocycles. The van der Waals surface area contributed by atoms with E-state index < -0.39 is 9.84 Å². The quantitative estimate of drug-likeness (QED) is 0.631. The molecule has 1 aliphatic heterocycles. The second-order valence-corrected chi connectivity index (χ2v) is 4.36. The summed E-state index contributed by atoms with van der Waals surface area (Å²) < 4.78 is 27.1. The monoisotopic (exact) mass is 174 g/mol. The van der Waals surface area contributed by atoms with Gasteiger partial charge in [0.25, 0.3) is 0 Å². The lowest BCUT2D eigenvalue weighted by Gasteiger charge is -2.08. The normalized spacial score (nSPS) is 17.4. The second kappa shape index (κ2) is 3.09. The van der Waals surface area contributed by atoms with Gasteiger partial charge < -0.3 is 4.74 Å². The van der Waals surface area contributed by atoms with Crippen molar-refractivity contribution in [3.63, 3.8) is 0 Å². The molecule has 0 saturated carbocycles. The van der Waals surface area contributed by atoms with Crippen LogP contribution in [-0.2, 0) is 14.6 Å². The van der Waals surface area contributed by atoms with Gasteiger partial charge in [0.05, 0.1) is 12.0 Å². The third-order valence-electron chi connectivity index (χ3n) is 1.39. The van der Waals surface area contributed by atoms with E-state index in [-0.39, 0.29) is 10.8 Å². The van der Waals surface area contributed by atoms with Crippen molar-refractivity contribution in [3.8, 4) is 0 Å². The van der Waals surface area contributed by atoms with Gasteiger partial charge in [0.2, 0.25) is 14.9 Å². The Hall–Kier alpha value is -0.770. The first-order valence-electron chi connectivity index (χ1n) is 3.41. The van der Waals surface area contributed by atoms with Crippen LogP contribution in [0.2, 0.25) is 0 Å². The largest absolute Gasteiger partial charge is 0.454 e. The molecule has 0 saturated heterocycles. The average molecular weight is 174 g/mol. The lowest BCUT2D eigenvalue weighted by Crippen LogP contribution is -2.09. The fourth-order valence-corrected chi connectivity index (χ4v) is 1.56. The van der Waals surface area contributed by atoms with Gasteiger partial charge in [-0.3, -0.25) is 0 Å². The number of sulfone groups is 1. The van der Waals surface area contributed by atoms with Crippen LogP contribution in [-0.4, -0.2) is 14.2 Å². The fourth-order valence-electron chi connectivity index (χ4n) is 0.726. The number of ether oxygens (including phenoxy) is 1. The Bertz CT molecular complexity index is 285. The summed E-state index contributed by atoms with van der Waals surface area (Å²) >= 11 is 0. The Labute approximate surface area is 66.3 Å². The van der Waals surface area contributed by atoms with Crippen molar-refractivity contribution in [3.05, 3.63) is 23.5 Å². The highest BCUT2D eigenvalue weighted by Crippen LogP contribution is 2.14. The molecular weight excluding hydrogens is 164 g/mol. The third-order valence-corrected chi connectivity index (χ3v) is 3.02. The molecule has 0 radical (unpaired) electrons. The molecule has 0 amide bonds. The van der Waals surface area contributed by atoms with E-state index in [2.05, 4.69) is 0 Å². The molecule has 62 valence electrons. The van der Waals surface area contributed by atoms with Gasteiger partial charge in [0, 0.05) is 0 Å². The van der Waals surface area contributed by atoms with Crippen molar-refractivity contribution in [2.24, 2.45) is 0 Å². The molecule has 0 fully saturated rings. The van der Waals surface area contributed by atoms with Gasteiger partial charge in [0.1, 0.15) is 0 Å². The molecule has 0 aromatic heterocycles. The number of hydrogen-bond acceptors (Lipinski definition) is 3. The summed E-state index contributed by atoms with van der Waals surface area (Å²) in [6, 6.07) is 0. The minimum Gasteiger partial charge on any atom is -0.454 e. The Morgan fingerprint density at radius 3 is 2.82 bits per heavy atom. The predicted molar refractivity (Wildman–Crippen MR) is 42.4 cm³/mol. The smallest absolute Gasteiger partial charge is 0.213 e. The highest BCUT2D eigenvalue weighted by Gasteiger charge is 2.16. The molecule has 1 heterocycles. The molecule has 0 atom stereocenters. The van der Waals surface area contributed by atoms with Gasteiger partial charge in [-0.05, 0) is 18.6 Å². The maximum absolute atomic E-state index is 11.1. The molecule has 1 rings (SSSR count). The van der Waals surface area contributed by atoms with Crippen molar-refractivity contribution in [1.29, 1.82) is 0 Å². The SMILES string of the molecule is CCS(=O)(=O)C1=CCC=CO1. The topological polar surface area (TPSA) is 43.4 Å². The zero-order valence-electron chi connectivity index (χ0n) is 6.28. The molecule has 0 N–H and O–H groups in total. The molecule has 1 aliphatic rings. The van der Waals surface area contributed by atoms with Gasteiger partial charge in [-0.25, -0.2) is 8.42 Å². The predicted octanol–water partition coefficient (Wildman–Crippen LogP) is 1.20. The Morgan fingerprint density at radius 1 is 1.64 bits per heavy atom. The molecule has 0 unspecified atom stereocenters. The van der Waals surface area contributed by atoms with Crippen LogP contribution in [0.4, 0.5) is 0 Å².